The van der Waals surface area contributed by atoms with Crippen LogP contribution in [-0.2, 0) is 6.54 Å². The second kappa shape index (κ2) is 4.10. The number of hydrogen-bond donors (Lipinski definition) is 1. The van der Waals surface area contributed by atoms with Crippen LogP contribution in [-0.4, -0.2) is 9.55 Å². The van der Waals surface area contributed by atoms with Crippen molar-refractivity contribution in [3.05, 3.63) is 28.0 Å². The molecule has 3 rings (SSSR count). The number of rotatable bonds is 3. The van der Waals surface area contributed by atoms with Gasteiger partial charge in [-0.05, 0) is 48.5 Å². The van der Waals surface area contributed by atoms with Crippen LogP contribution in [0.4, 0.5) is 0 Å². The first kappa shape index (κ1) is 12.2. The summed E-state index contributed by atoms with van der Waals surface area (Å²) in [5.74, 6) is 0.687. The lowest BCUT2D eigenvalue weighted by Crippen LogP contribution is -2.17. The van der Waals surface area contributed by atoms with Crippen molar-refractivity contribution in [2.75, 3.05) is 0 Å². The van der Waals surface area contributed by atoms with Gasteiger partial charge in [0.05, 0.1) is 16.1 Å². The van der Waals surface area contributed by atoms with Crippen molar-refractivity contribution in [1.29, 1.82) is 0 Å². The van der Waals surface area contributed by atoms with Gasteiger partial charge in [-0.25, -0.2) is 0 Å². The highest BCUT2D eigenvalue weighted by Gasteiger charge is 2.45. The lowest BCUT2D eigenvalue weighted by Gasteiger charge is -2.20. The average Bonchev–Trinajstić information content (AvgIpc) is 3.01. The molecule has 0 aliphatic heterocycles. The van der Waals surface area contributed by atoms with Crippen molar-refractivity contribution in [3.8, 4) is 0 Å². The van der Waals surface area contributed by atoms with Crippen LogP contribution in [0.15, 0.2) is 18.2 Å². The molecule has 18 heavy (non-hydrogen) atoms. The van der Waals surface area contributed by atoms with Crippen molar-refractivity contribution in [2.24, 2.45) is 11.3 Å². The topological polar surface area (TPSA) is 20.7 Å². The van der Waals surface area contributed by atoms with E-state index >= 15 is 0 Å². The number of hydrogen-bond acceptors (Lipinski definition) is 1. The number of aromatic nitrogens is 2. The highest BCUT2D eigenvalue weighted by atomic mass is 35.5. The Bertz CT molecular complexity index is 649. The smallest absolute Gasteiger partial charge is 0.178 e. The molecular formula is C14H17ClN2S. The number of para-hydroxylation sites is 1. The molecule has 4 heteroatoms. The van der Waals surface area contributed by atoms with E-state index in [1.54, 1.807) is 0 Å². The Morgan fingerprint density at radius 1 is 1.44 bits per heavy atom. The van der Waals surface area contributed by atoms with Crippen LogP contribution in [0.5, 0.6) is 0 Å². The van der Waals surface area contributed by atoms with E-state index in [9.17, 15) is 0 Å². The molecule has 1 saturated carbocycles. The van der Waals surface area contributed by atoms with Crippen LogP contribution in [0.3, 0.4) is 0 Å². The molecule has 0 amide bonds. The summed E-state index contributed by atoms with van der Waals surface area (Å²) in [6.45, 7) is 5.58. The summed E-state index contributed by atoms with van der Waals surface area (Å²) in [5, 5.41) is 0.777. The third-order valence-electron chi connectivity index (χ3n) is 4.33. The molecule has 1 aromatic carbocycles. The fraction of sp³-hybridized carbons (Fsp3) is 0.500. The maximum Gasteiger partial charge on any atom is 0.178 e. The molecule has 1 aliphatic rings. The third-order valence-corrected chi connectivity index (χ3v) is 4.96. The Hall–Kier alpha value is -0.800. The Morgan fingerprint density at radius 3 is 2.78 bits per heavy atom. The summed E-state index contributed by atoms with van der Waals surface area (Å²) in [6.07, 6.45) is 2.59. The van der Waals surface area contributed by atoms with E-state index in [0.717, 1.165) is 27.4 Å². The molecule has 0 unspecified atom stereocenters. The minimum Gasteiger partial charge on any atom is -0.331 e. The minimum atomic E-state index is 0.423. The van der Waals surface area contributed by atoms with E-state index in [1.165, 1.54) is 12.8 Å². The average molecular weight is 281 g/mol. The molecule has 0 atom stereocenters. The molecule has 0 bridgehead atoms. The number of halogens is 1. The molecule has 0 radical (unpaired) electrons. The van der Waals surface area contributed by atoms with Gasteiger partial charge in [-0.2, -0.15) is 0 Å². The lowest BCUT2D eigenvalue weighted by molar-refractivity contribution is 0.311. The third kappa shape index (κ3) is 1.81. The molecule has 0 saturated heterocycles. The maximum absolute atomic E-state index is 6.32. The SMILES string of the molecule is CC(C)C1(Cn2c(=S)[nH]c3cccc(Cl)c32)CC1. The first-order valence-electron chi connectivity index (χ1n) is 6.40. The normalized spacial score (nSPS) is 17.6. The Balaban J connectivity index is 2.12. The number of aromatic amines is 1. The maximum atomic E-state index is 6.32. The Kier molecular flexibility index (Phi) is 2.79. The van der Waals surface area contributed by atoms with Crippen molar-refractivity contribution in [3.63, 3.8) is 0 Å². The fourth-order valence-corrected chi connectivity index (χ4v) is 3.26. The van der Waals surface area contributed by atoms with E-state index in [1.807, 2.05) is 18.2 Å². The molecule has 0 spiro atoms. The monoisotopic (exact) mass is 280 g/mol. The summed E-state index contributed by atoms with van der Waals surface area (Å²) in [4.78, 5) is 3.25. The number of benzene rings is 1. The second-order valence-electron chi connectivity index (χ2n) is 5.67. The van der Waals surface area contributed by atoms with Gasteiger partial charge in [0.25, 0.3) is 0 Å². The van der Waals surface area contributed by atoms with Crippen LogP contribution in [0.1, 0.15) is 26.7 Å². The van der Waals surface area contributed by atoms with Crippen molar-refractivity contribution >= 4 is 34.9 Å². The Labute approximate surface area is 117 Å². The van der Waals surface area contributed by atoms with E-state index in [0.29, 0.717) is 11.3 Å². The molecule has 1 N–H and O–H groups in total. The number of nitrogens with zero attached hydrogens (tertiary/aromatic N) is 1. The predicted molar refractivity (Wildman–Crippen MR) is 78.6 cm³/mol. The van der Waals surface area contributed by atoms with Gasteiger partial charge < -0.3 is 9.55 Å². The summed E-state index contributed by atoms with van der Waals surface area (Å²) in [7, 11) is 0. The van der Waals surface area contributed by atoms with E-state index in [4.69, 9.17) is 23.8 Å². The van der Waals surface area contributed by atoms with Crippen LogP contribution in [0.25, 0.3) is 11.0 Å². The first-order valence-corrected chi connectivity index (χ1v) is 7.19. The van der Waals surface area contributed by atoms with Gasteiger partial charge in [0.1, 0.15) is 0 Å². The fourth-order valence-electron chi connectivity index (χ4n) is 2.72. The van der Waals surface area contributed by atoms with E-state index in [-0.39, 0.29) is 0 Å². The number of nitrogens with one attached hydrogen (secondary N) is 1. The minimum absolute atomic E-state index is 0.423. The van der Waals surface area contributed by atoms with Gasteiger partial charge in [-0.1, -0.05) is 31.5 Å². The Morgan fingerprint density at radius 2 is 2.17 bits per heavy atom. The van der Waals surface area contributed by atoms with Gasteiger partial charge in [-0.3, -0.25) is 0 Å². The summed E-state index contributed by atoms with van der Waals surface area (Å²) in [5.41, 5.74) is 2.51. The summed E-state index contributed by atoms with van der Waals surface area (Å²) >= 11 is 11.8. The highest BCUT2D eigenvalue weighted by Crippen LogP contribution is 2.53. The van der Waals surface area contributed by atoms with E-state index in [2.05, 4.69) is 23.4 Å². The molecular weight excluding hydrogens is 264 g/mol. The van der Waals surface area contributed by atoms with Crippen LogP contribution < -0.4 is 0 Å². The van der Waals surface area contributed by atoms with E-state index < -0.39 is 0 Å². The van der Waals surface area contributed by atoms with Gasteiger partial charge in [0, 0.05) is 6.54 Å². The zero-order valence-corrected chi connectivity index (χ0v) is 12.2. The summed E-state index contributed by atoms with van der Waals surface area (Å²) < 4.78 is 2.96. The molecule has 1 aromatic heterocycles. The summed E-state index contributed by atoms with van der Waals surface area (Å²) in [6, 6.07) is 5.91. The van der Waals surface area contributed by atoms with Crippen LogP contribution >= 0.6 is 23.8 Å². The van der Waals surface area contributed by atoms with Gasteiger partial charge in [0.2, 0.25) is 0 Å². The molecule has 2 aromatic rings. The number of H-pyrrole nitrogens is 1. The van der Waals surface area contributed by atoms with Gasteiger partial charge in [-0.15, -0.1) is 0 Å². The van der Waals surface area contributed by atoms with Crippen molar-refractivity contribution in [2.45, 2.75) is 33.2 Å². The second-order valence-corrected chi connectivity index (χ2v) is 6.46. The zero-order chi connectivity index (χ0) is 12.9. The first-order chi connectivity index (χ1) is 8.53. The standard InChI is InChI=1S/C14H17ClN2S/c1-9(2)14(6-7-14)8-17-12-10(15)4-3-5-11(12)16-13(17)18/h3-5,9H,6-8H2,1-2H3,(H,16,18). The molecule has 1 heterocycles. The molecule has 96 valence electrons. The van der Waals surface area contributed by atoms with Crippen LogP contribution in [0.2, 0.25) is 5.02 Å². The molecule has 1 fully saturated rings. The van der Waals surface area contributed by atoms with Crippen molar-refractivity contribution < 1.29 is 0 Å². The largest absolute Gasteiger partial charge is 0.331 e. The highest BCUT2D eigenvalue weighted by molar-refractivity contribution is 7.71. The molecule has 2 nitrogen and oxygen atoms in total. The number of imidazole rings is 1. The van der Waals surface area contributed by atoms with Crippen molar-refractivity contribution in [1.82, 2.24) is 9.55 Å². The zero-order valence-electron chi connectivity index (χ0n) is 10.7. The van der Waals surface area contributed by atoms with Gasteiger partial charge in [0.15, 0.2) is 4.77 Å². The van der Waals surface area contributed by atoms with Crippen LogP contribution in [0, 0.1) is 16.1 Å². The lowest BCUT2D eigenvalue weighted by atomic mass is 9.92. The van der Waals surface area contributed by atoms with Gasteiger partial charge >= 0.3 is 0 Å². The predicted octanol–water partition coefficient (Wildman–Crippen LogP) is 4.79. The quantitative estimate of drug-likeness (QED) is 0.802. The molecule has 1 aliphatic carbocycles. The number of fused-ring (bicyclic) bond motifs is 1.